The minimum absolute atomic E-state index is 0.0337. The zero-order valence-electron chi connectivity index (χ0n) is 12.2. The van der Waals surface area contributed by atoms with Gasteiger partial charge in [0.2, 0.25) is 5.91 Å². The number of nitrogens with one attached hydrogen (secondary N) is 1. The molecule has 2 rings (SSSR count). The molecule has 0 saturated carbocycles. The van der Waals surface area contributed by atoms with E-state index < -0.39 is 0 Å². The van der Waals surface area contributed by atoms with Crippen molar-refractivity contribution < 1.29 is 9.90 Å². The Morgan fingerprint density at radius 3 is 2.81 bits per heavy atom. The lowest BCUT2D eigenvalue weighted by Crippen LogP contribution is -2.30. The number of carbonyl (C=O) groups excluding carboxylic acids is 1. The van der Waals surface area contributed by atoms with Gasteiger partial charge in [-0.15, -0.1) is 0 Å². The van der Waals surface area contributed by atoms with E-state index in [4.69, 9.17) is 0 Å². The van der Waals surface area contributed by atoms with Crippen LogP contribution in [0.4, 0.5) is 0 Å². The van der Waals surface area contributed by atoms with Crippen molar-refractivity contribution in [1.82, 2.24) is 5.32 Å². The molecule has 3 nitrogen and oxygen atoms in total. The average Bonchev–Trinajstić information content (AvgIpc) is 3.03. The summed E-state index contributed by atoms with van der Waals surface area (Å²) in [6.45, 7) is -0.0638. The van der Waals surface area contributed by atoms with Gasteiger partial charge in [-0.05, 0) is 24.8 Å². The Kier molecular flexibility index (Phi) is 7.47. The van der Waals surface area contributed by atoms with Gasteiger partial charge in [0, 0.05) is 17.4 Å². The van der Waals surface area contributed by atoms with Gasteiger partial charge in [0.15, 0.2) is 0 Å². The van der Waals surface area contributed by atoms with Gasteiger partial charge in [-0.1, -0.05) is 58.3 Å². The van der Waals surface area contributed by atoms with Crippen LogP contribution in [0.1, 0.15) is 43.7 Å². The average molecular weight is 325 g/mol. The summed E-state index contributed by atoms with van der Waals surface area (Å²) in [5, 5.41) is 13.1. The summed E-state index contributed by atoms with van der Waals surface area (Å²) in [5.41, 5.74) is 0.952. The highest BCUT2D eigenvalue weighted by Gasteiger charge is 2.16. The lowest BCUT2D eigenvalue weighted by atomic mass is 10.1. The van der Waals surface area contributed by atoms with Crippen LogP contribution in [-0.2, 0) is 4.79 Å². The maximum Gasteiger partial charge on any atom is 0.220 e. The van der Waals surface area contributed by atoms with E-state index in [0.717, 1.165) is 23.7 Å². The van der Waals surface area contributed by atoms with Crippen LogP contribution in [0.15, 0.2) is 30.3 Å². The van der Waals surface area contributed by atoms with Gasteiger partial charge in [0.25, 0.3) is 0 Å². The van der Waals surface area contributed by atoms with Crippen LogP contribution in [0.5, 0.6) is 0 Å². The highest BCUT2D eigenvalue weighted by molar-refractivity contribution is 8.77. The lowest BCUT2D eigenvalue weighted by Gasteiger charge is -2.16. The fourth-order valence-electron chi connectivity index (χ4n) is 2.41. The zero-order chi connectivity index (χ0) is 14.9. The van der Waals surface area contributed by atoms with E-state index in [1.165, 1.54) is 18.6 Å². The molecule has 0 bridgehead atoms. The molecule has 1 fully saturated rings. The standard InChI is InChI=1S/C16H23NO2S2/c18-12-15(13-6-2-1-3-7-13)17-16(19)9-5-4-8-14-10-11-20-21-14/h1-3,6-7,14-15,18H,4-5,8-12H2,(H,17,19). The number of benzene rings is 1. The molecule has 0 radical (unpaired) electrons. The number of amides is 1. The van der Waals surface area contributed by atoms with E-state index in [9.17, 15) is 9.90 Å². The van der Waals surface area contributed by atoms with E-state index in [1.807, 2.05) is 51.9 Å². The van der Waals surface area contributed by atoms with Gasteiger partial charge < -0.3 is 10.4 Å². The quantitative estimate of drug-likeness (QED) is 0.567. The maximum atomic E-state index is 12.0. The lowest BCUT2D eigenvalue weighted by molar-refractivity contribution is -0.122. The Hall–Kier alpha value is -0.650. The van der Waals surface area contributed by atoms with Gasteiger partial charge in [0.05, 0.1) is 12.6 Å². The molecule has 1 heterocycles. The molecule has 0 aliphatic carbocycles. The van der Waals surface area contributed by atoms with Crippen molar-refractivity contribution in [2.24, 2.45) is 0 Å². The Morgan fingerprint density at radius 2 is 2.14 bits per heavy atom. The molecule has 1 aliphatic rings. The number of aliphatic hydroxyl groups excluding tert-OH is 1. The molecular weight excluding hydrogens is 302 g/mol. The summed E-state index contributed by atoms with van der Waals surface area (Å²) in [5.74, 6) is 1.30. The Bertz CT molecular complexity index is 422. The first-order valence-electron chi connectivity index (χ1n) is 7.53. The fraction of sp³-hybridized carbons (Fsp3) is 0.562. The highest BCUT2D eigenvalue weighted by Crippen LogP contribution is 2.39. The van der Waals surface area contributed by atoms with Gasteiger partial charge >= 0.3 is 0 Å². The van der Waals surface area contributed by atoms with Crippen molar-refractivity contribution in [3.8, 4) is 0 Å². The summed E-state index contributed by atoms with van der Waals surface area (Å²) in [6.07, 6.45) is 5.12. The largest absolute Gasteiger partial charge is 0.394 e. The summed E-state index contributed by atoms with van der Waals surface area (Å²) in [4.78, 5) is 12.0. The molecule has 1 aliphatic heterocycles. The Morgan fingerprint density at radius 1 is 1.33 bits per heavy atom. The molecule has 21 heavy (non-hydrogen) atoms. The minimum Gasteiger partial charge on any atom is -0.394 e. The monoisotopic (exact) mass is 325 g/mol. The number of hydrogen-bond acceptors (Lipinski definition) is 4. The van der Waals surface area contributed by atoms with Crippen LogP contribution in [0.25, 0.3) is 0 Å². The topological polar surface area (TPSA) is 49.3 Å². The normalized spacial score (nSPS) is 19.4. The summed E-state index contributed by atoms with van der Waals surface area (Å²) < 4.78 is 0. The molecule has 1 aromatic rings. The molecule has 1 saturated heterocycles. The van der Waals surface area contributed by atoms with E-state index in [2.05, 4.69) is 5.32 Å². The molecule has 1 amide bonds. The SMILES string of the molecule is O=C(CCCCC1CCSS1)NC(CO)c1ccccc1. The smallest absolute Gasteiger partial charge is 0.220 e. The molecule has 1 aromatic carbocycles. The van der Waals surface area contributed by atoms with Crippen molar-refractivity contribution in [2.75, 3.05) is 12.4 Å². The molecule has 2 unspecified atom stereocenters. The molecule has 2 N–H and O–H groups in total. The molecule has 0 spiro atoms. The number of hydrogen-bond donors (Lipinski definition) is 2. The van der Waals surface area contributed by atoms with Crippen LogP contribution in [0.2, 0.25) is 0 Å². The summed E-state index contributed by atoms with van der Waals surface area (Å²) >= 11 is 0. The maximum absolute atomic E-state index is 12.0. The summed E-state index contributed by atoms with van der Waals surface area (Å²) in [7, 11) is 3.96. The highest BCUT2D eigenvalue weighted by atomic mass is 33.1. The van der Waals surface area contributed by atoms with Crippen LogP contribution >= 0.6 is 21.6 Å². The number of unbranched alkanes of at least 4 members (excludes halogenated alkanes) is 1. The van der Waals surface area contributed by atoms with Crippen molar-refractivity contribution in [3.05, 3.63) is 35.9 Å². The van der Waals surface area contributed by atoms with Crippen molar-refractivity contribution in [2.45, 2.75) is 43.4 Å². The fourth-order valence-corrected chi connectivity index (χ4v) is 5.44. The first-order chi connectivity index (χ1) is 10.3. The third-order valence-electron chi connectivity index (χ3n) is 3.63. The Labute approximate surface area is 134 Å². The predicted molar refractivity (Wildman–Crippen MR) is 91.3 cm³/mol. The first kappa shape index (κ1) is 16.7. The predicted octanol–water partition coefficient (Wildman–Crippen LogP) is 3.55. The van der Waals surface area contributed by atoms with E-state index in [0.29, 0.717) is 6.42 Å². The molecular formula is C16H23NO2S2. The van der Waals surface area contributed by atoms with Gasteiger partial charge in [-0.3, -0.25) is 4.79 Å². The number of aliphatic hydroxyl groups is 1. The van der Waals surface area contributed by atoms with Crippen molar-refractivity contribution >= 4 is 27.5 Å². The van der Waals surface area contributed by atoms with E-state index >= 15 is 0 Å². The molecule has 2 atom stereocenters. The number of rotatable bonds is 8. The second-order valence-electron chi connectivity index (χ2n) is 5.29. The van der Waals surface area contributed by atoms with Crippen LogP contribution < -0.4 is 5.32 Å². The van der Waals surface area contributed by atoms with Crippen molar-refractivity contribution in [1.29, 1.82) is 0 Å². The van der Waals surface area contributed by atoms with Crippen LogP contribution in [0, 0.1) is 0 Å². The second-order valence-corrected chi connectivity index (χ2v) is 8.08. The van der Waals surface area contributed by atoms with E-state index in [1.54, 1.807) is 0 Å². The van der Waals surface area contributed by atoms with E-state index in [-0.39, 0.29) is 18.6 Å². The first-order valence-corrected chi connectivity index (χ1v) is 9.91. The van der Waals surface area contributed by atoms with Gasteiger partial charge in [-0.2, -0.15) is 0 Å². The summed E-state index contributed by atoms with van der Waals surface area (Å²) in [6, 6.07) is 9.33. The van der Waals surface area contributed by atoms with Gasteiger partial charge in [-0.25, -0.2) is 0 Å². The van der Waals surface area contributed by atoms with Crippen LogP contribution in [0.3, 0.4) is 0 Å². The Balaban J connectivity index is 1.65. The molecule has 5 heteroatoms. The molecule has 116 valence electrons. The van der Waals surface area contributed by atoms with Crippen molar-refractivity contribution in [3.63, 3.8) is 0 Å². The minimum atomic E-state index is -0.291. The number of carbonyl (C=O) groups is 1. The zero-order valence-corrected chi connectivity index (χ0v) is 13.8. The third-order valence-corrected chi connectivity index (χ3v) is 6.63. The second kappa shape index (κ2) is 9.38. The third kappa shape index (κ3) is 5.93. The van der Waals surface area contributed by atoms with Crippen LogP contribution in [-0.4, -0.2) is 28.6 Å². The van der Waals surface area contributed by atoms with Gasteiger partial charge in [0.1, 0.15) is 0 Å². The molecule has 0 aromatic heterocycles.